The fourth-order valence-electron chi connectivity index (χ4n) is 3.74. The highest BCUT2D eigenvalue weighted by atomic mass is 33.1. The van der Waals surface area contributed by atoms with Crippen LogP contribution < -0.4 is 21.3 Å². The van der Waals surface area contributed by atoms with Crippen LogP contribution in [-0.2, 0) is 57.3 Å². The standard InChI is InChI=1S/C30H50N4O12S2/c1-19(35)43-17-29(5,6)25(45-21(3)37)27(41)33-11-9-23(39)31-13-15-47-48-16-14-32-24(40)10-12-34-28(42)26(46-22(4)38)30(7,8)18-44-20(2)36/h25-26H,9-18H2,1-8H3,(H,31,39)(H,32,40)(H,33,41)(H,34,42)/t25-,26-/m0/s1. The molecule has 0 aliphatic heterocycles. The molecule has 0 heterocycles. The van der Waals surface area contributed by atoms with Crippen molar-refractivity contribution >= 4 is 69.1 Å². The Bertz CT molecular complexity index is 1050. The molecule has 0 fully saturated rings. The van der Waals surface area contributed by atoms with Gasteiger partial charge in [0.25, 0.3) is 11.8 Å². The summed E-state index contributed by atoms with van der Waals surface area (Å²) in [6.07, 6.45) is -2.43. The maximum Gasteiger partial charge on any atom is 0.303 e. The molecule has 0 radical (unpaired) electrons. The minimum atomic E-state index is -1.22. The van der Waals surface area contributed by atoms with Gasteiger partial charge in [0.15, 0.2) is 12.2 Å². The van der Waals surface area contributed by atoms with Crippen molar-refractivity contribution in [2.24, 2.45) is 10.8 Å². The fraction of sp³-hybridized carbons (Fsp3) is 0.733. The van der Waals surface area contributed by atoms with Crippen molar-refractivity contribution in [2.75, 3.05) is 50.9 Å². The first kappa shape index (κ1) is 44.5. The number of hydrogen-bond donors (Lipinski definition) is 4. The normalized spacial score (nSPS) is 12.4. The largest absolute Gasteiger partial charge is 0.465 e. The summed E-state index contributed by atoms with van der Waals surface area (Å²) < 4.78 is 20.3. The van der Waals surface area contributed by atoms with Crippen LogP contribution in [0.2, 0.25) is 0 Å². The van der Waals surface area contributed by atoms with Gasteiger partial charge in [0.1, 0.15) is 13.2 Å². The number of rotatable bonds is 23. The van der Waals surface area contributed by atoms with Crippen molar-refractivity contribution in [3.8, 4) is 0 Å². The minimum Gasteiger partial charge on any atom is -0.465 e. The van der Waals surface area contributed by atoms with Crippen molar-refractivity contribution in [1.29, 1.82) is 0 Å². The van der Waals surface area contributed by atoms with Crippen LogP contribution in [0.4, 0.5) is 0 Å². The van der Waals surface area contributed by atoms with Gasteiger partial charge in [-0.05, 0) is 0 Å². The van der Waals surface area contributed by atoms with Crippen LogP contribution in [0.3, 0.4) is 0 Å². The molecule has 0 aliphatic rings. The topological polar surface area (TPSA) is 222 Å². The third kappa shape index (κ3) is 20.6. The van der Waals surface area contributed by atoms with E-state index in [0.717, 1.165) is 13.8 Å². The van der Waals surface area contributed by atoms with Crippen LogP contribution in [-0.4, -0.2) is 111 Å². The van der Waals surface area contributed by atoms with Gasteiger partial charge in [-0.2, -0.15) is 0 Å². The molecule has 0 saturated heterocycles. The van der Waals surface area contributed by atoms with E-state index in [4.69, 9.17) is 18.9 Å². The second-order valence-electron chi connectivity index (χ2n) is 11.9. The lowest BCUT2D eigenvalue weighted by Crippen LogP contribution is -2.49. The van der Waals surface area contributed by atoms with Gasteiger partial charge in [-0.1, -0.05) is 49.3 Å². The fourth-order valence-corrected chi connectivity index (χ4v) is 5.55. The van der Waals surface area contributed by atoms with E-state index in [1.807, 2.05) is 0 Å². The summed E-state index contributed by atoms with van der Waals surface area (Å²) in [5, 5.41) is 10.6. The van der Waals surface area contributed by atoms with Crippen LogP contribution in [0.15, 0.2) is 0 Å². The van der Waals surface area contributed by atoms with Gasteiger partial charge in [-0.3, -0.25) is 38.4 Å². The predicted octanol–water partition coefficient (Wildman–Crippen LogP) is 0.655. The molecular formula is C30H50N4O12S2. The molecule has 0 aliphatic carbocycles. The number of ether oxygens (including phenoxy) is 4. The van der Waals surface area contributed by atoms with Crippen LogP contribution in [0, 0.1) is 10.8 Å². The molecule has 18 heteroatoms. The SMILES string of the molecule is CC(=O)OCC(C)(C)[C@@H](OC(C)=O)C(=O)NCCC(=O)NCCSSCCNC(=O)CCNC(=O)[C@H](OC(C)=O)C(C)(C)COC(C)=O. The highest BCUT2D eigenvalue weighted by Gasteiger charge is 2.40. The molecule has 16 nitrogen and oxygen atoms in total. The molecule has 274 valence electrons. The summed E-state index contributed by atoms with van der Waals surface area (Å²) >= 11 is 0. The molecule has 2 atom stereocenters. The molecule has 0 aromatic heterocycles. The molecular weight excluding hydrogens is 672 g/mol. The average Bonchev–Trinajstić information content (AvgIpc) is 2.97. The number of carbonyl (C=O) groups excluding carboxylic acids is 8. The van der Waals surface area contributed by atoms with Gasteiger partial charge in [-0.15, -0.1) is 0 Å². The van der Waals surface area contributed by atoms with Gasteiger partial charge >= 0.3 is 23.9 Å². The van der Waals surface area contributed by atoms with E-state index in [9.17, 15) is 38.4 Å². The highest BCUT2D eigenvalue weighted by molar-refractivity contribution is 8.76. The molecule has 0 saturated carbocycles. The van der Waals surface area contributed by atoms with Crippen molar-refractivity contribution in [1.82, 2.24) is 21.3 Å². The van der Waals surface area contributed by atoms with Gasteiger partial charge in [-0.25, -0.2) is 0 Å². The van der Waals surface area contributed by atoms with Crippen molar-refractivity contribution in [3.05, 3.63) is 0 Å². The van der Waals surface area contributed by atoms with E-state index in [1.165, 1.54) is 35.4 Å². The van der Waals surface area contributed by atoms with Crippen molar-refractivity contribution in [2.45, 2.75) is 80.4 Å². The molecule has 0 unspecified atom stereocenters. The first-order valence-corrected chi connectivity index (χ1v) is 17.7. The summed E-state index contributed by atoms with van der Waals surface area (Å²) in [5.74, 6) is -2.99. The van der Waals surface area contributed by atoms with Crippen LogP contribution in [0.1, 0.15) is 68.2 Å². The predicted molar refractivity (Wildman–Crippen MR) is 178 cm³/mol. The molecule has 0 aromatic rings. The first-order chi connectivity index (χ1) is 22.3. The molecule has 0 rings (SSSR count). The van der Waals surface area contributed by atoms with Gasteiger partial charge in [0.05, 0.1) is 0 Å². The molecule has 0 spiro atoms. The lowest BCUT2D eigenvalue weighted by Gasteiger charge is -2.31. The quantitative estimate of drug-likeness (QED) is 0.0493. The maximum atomic E-state index is 12.6. The van der Waals surface area contributed by atoms with Crippen molar-refractivity contribution in [3.63, 3.8) is 0 Å². The Labute approximate surface area is 289 Å². The number of esters is 4. The summed E-state index contributed by atoms with van der Waals surface area (Å²) in [6, 6.07) is 0. The lowest BCUT2D eigenvalue weighted by atomic mass is 9.86. The summed E-state index contributed by atoms with van der Waals surface area (Å²) in [6.45, 7) is 11.8. The monoisotopic (exact) mass is 722 g/mol. The summed E-state index contributed by atoms with van der Waals surface area (Å²) in [4.78, 5) is 94.9. The maximum absolute atomic E-state index is 12.6. The van der Waals surface area contributed by atoms with E-state index in [1.54, 1.807) is 27.7 Å². The Morgan fingerprint density at radius 3 is 1.15 bits per heavy atom. The van der Waals surface area contributed by atoms with E-state index in [2.05, 4.69) is 21.3 Å². The smallest absolute Gasteiger partial charge is 0.303 e. The van der Waals surface area contributed by atoms with Crippen LogP contribution in [0.5, 0.6) is 0 Å². The van der Waals surface area contributed by atoms with E-state index >= 15 is 0 Å². The van der Waals surface area contributed by atoms with Crippen molar-refractivity contribution < 1.29 is 57.3 Å². The number of carbonyl (C=O) groups is 8. The Kier molecular flexibility index (Phi) is 21.2. The Morgan fingerprint density at radius 2 is 0.854 bits per heavy atom. The number of nitrogens with one attached hydrogen (secondary N) is 4. The Balaban J connectivity index is 4.25. The highest BCUT2D eigenvalue weighted by Crippen LogP contribution is 2.26. The van der Waals surface area contributed by atoms with Crippen LogP contribution >= 0.6 is 21.6 Å². The Hall–Kier alpha value is -3.54. The van der Waals surface area contributed by atoms with E-state index < -0.39 is 58.7 Å². The zero-order valence-electron chi connectivity index (χ0n) is 28.9. The molecule has 0 bridgehead atoms. The summed E-state index contributed by atoms with van der Waals surface area (Å²) in [7, 11) is 3.00. The first-order valence-electron chi connectivity index (χ1n) is 15.2. The summed E-state index contributed by atoms with van der Waals surface area (Å²) in [5.41, 5.74) is -1.99. The average molecular weight is 723 g/mol. The number of hydrogen-bond acceptors (Lipinski definition) is 14. The minimum absolute atomic E-state index is 0.00362. The van der Waals surface area contributed by atoms with E-state index in [-0.39, 0.29) is 51.0 Å². The molecule has 48 heavy (non-hydrogen) atoms. The molecule has 0 aromatic carbocycles. The van der Waals surface area contributed by atoms with Gasteiger partial charge in [0, 0.05) is 89.1 Å². The van der Waals surface area contributed by atoms with Crippen LogP contribution in [0.25, 0.3) is 0 Å². The zero-order valence-corrected chi connectivity index (χ0v) is 30.6. The zero-order chi connectivity index (χ0) is 36.9. The van der Waals surface area contributed by atoms with Gasteiger partial charge in [0.2, 0.25) is 11.8 Å². The second kappa shape index (κ2) is 22.9. The number of amides is 4. The third-order valence-electron chi connectivity index (χ3n) is 6.16. The lowest BCUT2D eigenvalue weighted by molar-refractivity contribution is -0.167. The molecule has 4 amide bonds. The van der Waals surface area contributed by atoms with Gasteiger partial charge < -0.3 is 40.2 Å². The Morgan fingerprint density at radius 1 is 0.521 bits per heavy atom. The molecule has 4 N–H and O–H groups in total. The second-order valence-corrected chi connectivity index (χ2v) is 14.6. The third-order valence-corrected chi connectivity index (χ3v) is 8.57. The van der Waals surface area contributed by atoms with E-state index in [0.29, 0.717) is 24.6 Å².